The quantitative estimate of drug-likeness (QED) is 0.751. The largest absolute Gasteiger partial charge is 0.325 e. The summed E-state index contributed by atoms with van der Waals surface area (Å²) in [5.41, 5.74) is 0.361. The van der Waals surface area contributed by atoms with E-state index in [1.54, 1.807) is 6.07 Å². The van der Waals surface area contributed by atoms with E-state index < -0.39 is 10.0 Å². The van der Waals surface area contributed by atoms with Crippen molar-refractivity contribution in [2.24, 2.45) is 0 Å². The smallest absolute Gasteiger partial charge is 0.243 e. The average Bonchev–Trinajstić information content (AvgIpc) is 3.18. The molecule has 1 aromatic carbocycles. The molecule has 1 amide bonds. The van der Waals surface area contributed by atoms with Crippen LogP contribution in [0.25, 0.3) is 0 Å². The Morgan fingerprint density at radius 2 is 1.57 bits per heavy atom. The van der Waals surface area contributed by atoms with Crippen molar-refractivity contribution >= 4 is 33.2 Å². The monoisotopic (exact) mass is 427 g/mol. The number of amides is 1. The fraction of sp³-hybridized carbons (Fsp3) is 0.650. The molecule has 0 unspecified atom stereocenters. The molecular weight excluding hydrogens is 398 g/mol. The van der Waals surface area contributed by atoms with Crippen LogP contribution in [0.1, 0.15) is 51.4 Å². The van der Waals surface area contributed by atoms with Crippen LogP contribution >= 0.6 is 11.6 Å². The van der Waals surface area contributed by atoms with Gasteiger partial charge in [0.25, 0.3) is 0 Å². The van der Waals surface area contributed by atoms with Gasteiger partial charge in [-0.2, -0.15) is 4.31 Å². The van der Waals surface area contributed by atoms with E-state index in [1.165, 1.54) is 48.5 Å². The van der Waals surface area contributed by atoms with Crippen molar-refractivity contribution in [2.45, 2.75) is 56.3 Å². The summed E-state index contributed by atoms with van der Waals surface area (Å²) in [5, 5.41) is 3.15. The number of sulfonamides is 1. The van der Waals surface area contributed by atoms with E-state index in [4.69, 9.17) is 11.6 Å². The fourth-order valence-corrected chi connectivity index (χ4v) is 5.56. The van der Waals surface area contributed by atoms with Gasteiger partial charge in [0, 0.05) is 26.1 Å². The minimum Gasteiger partial charge on any atom is -0.325 e. The number of benzene rings is 1. The summed E-state index contributed by atoms with van der Waals surface area (Å²) in [4.78, 5) is 14.9. The van der Waals surface area contributed by atoms with E-state index in [1.807, 2.05) is 0 Å². The zero-order valence-corrected chi connectivity index (χ0v) is 17.9. The van der Waals surface area contributed by atoms with Gasteiger partial charge in [0.1, 0.15) is 0 Å². The van der Waals surface area contributed by atoms with Crippen LogP contribution in [0.5, 0.6) is 0 Å². The summed E-state index contributed by atoms with van der Waals surface area (Å²) >= 11 is 6.21. The van der Waals surface area contributed by atoms with Gasteiger partial charge >= 0.3 is 0 Å². The summed E-state index contributed by atoms with van der Waals surface area (Å²) in [7, 11) is -3.54. The minimum atomic E-state index is -3.54. The van der Waals surface area contributed by atoms with Crippen LogP contribution in [0.2, 0.25) is 5.02 Å². The Labute approximate surface area is 173 Å². The molecule has 1 N–H and O–H groups in total. The first-order valence-electron chi connectivity index (χ1n) is 10.3. The molecular formula is C20H30ClN3O3S. The molecule has 6 nitrogen and oxygen atoms in total. The third-order valence-electron chi connectivity index (χ3n) is 5.52. The maximum atomic E-state index is 12.7. The number of hydrogen-bond donors (Lipinski definition) is 1. The van der Waals surface area contributed by atoms with Gasteiger partial charge < -0.3 is 10.2 Å². The molecule has 0 aliphatic carbocycles. The minimum absolute atomic E-state index is 0.139. The molecule has 156 valence electrons. The molecule has 2 fully saturated rings. The molecule has 8 heteroatoms. The van der Waals surface area contributed by atoms with Crippen molar-refractivity contribution in [1.29, 1.82) is 0 Å². The molecule has 0 spiro atoms. The Morgan fingerprint density at radius 3 is 2.25 bits per heavy atom. The predicted octanol–water partition coefficient (Wildman–Crippen LogP) is 3.72. The lowest BCUT2D eigenvalue weighted by molar-refractivity contribution is -0.116. The zero-order chi connectivity index (χ0) is 20.0. The van der Waals surface area contributed by atoms with E-state index >= 15 is 0 Å². The van der Waals surface area contributed by atoms with Crippen LogP contribution in [0.15, 0.2) is 23.1 Å². The Bertz CT molecular complexity index is 771. The van der Waals surface area contributed by atoms with E-state index in [0.717, 1.165) is 32.5 Å². The van der Waals surface area contributed by atoms with Gasteiger partial charge in [0.15, 0.2) is 0 Å². The Balaban J connectivity index is 1.60. The zero-order valence-electron chi connectivity index (χ0n) is 16.3. The van der Waals surface area contributed by atoms with Crippen molar-refractivity contribution in [3.63, 3.8) is 0 Å². The number of nitrogens with one attached hydrogen (secondary N) is 1. The molecule has 2 heterocycles. The standard InChI is InChI=1S/C20H30ClN3O3S/c21-18-9-8-17(28(26,27)24-13-6-7-14-24)16-19(18)22-20(25)10-15-23-11-4-2-1-3-5-12-23/h8-9,16H,1-7,10-15H2,(H,22,25). The van der Waals surface area contributed by atoms with Crippen molar-refractivity contribution in [3.05, 3.63) is 23.2 Å². The van der Waals surface area contributed by atoms with Crippen molar-refractivity contribution in [2.75, 3.05) is 38.0 Å². The normalized spacial score (nSPS) is 19.9. The molecule has 0 radical (unpaired) electrons. The number of nitrogens with zero attached hydrogens (tertiary/aromatic N) is 2. The second kappa shape index (κ2) is 10.1. The first-order valence-corrected chi connectivity index (χ1v) is 12.1. The van der Waals surface area contributed by atoms with Crippen molar-refractivity contribution in [1.82, 2.24) is 9.21 Å². The van der Waals surface area contributed by atoms with Crippen LogP contribution in [0.3, 0.4) is 0 Å². The maximum absolute atomic E-state index is 12.7. The van der Waals surface area contributed by atoms with Gasteiger partial charge in [-0.3, -0.25) is 4.79 Å². The topological polar surface area (TPSA) is 69.7 Å². The number of hydrogen-bond acceptors (Lipinski definition) is 4. The summed E-state index contributed by atoms with van der Waals surface area (Å²) in [6.45, 7) is 3.88. The lowest BCUT2D eigenvalue weighted by Crippen LogP contribution is -2.31. The molecule has 1 aromatic rings. The first-order chi connectivity index (χ1) is 13.5. The number of halogens is 1. The molecule has 0 saturated carbocycles. The van der Waals surface area contributed by atoms with Crippen molar-refractivity contribution < 1.29 is 13.2 Å². The molecule has 0 bridgehead atoms. The summed E-state index contributed by atoms with van der Waals surface area (Å²) in [5.74, 6) is -0.139. The Morgan fingerprint density at radius 1 is 0.964 bits per heavy atom. The van der Waals surface area contributed by atoms with Gasteiger partial charge in [-0.05, 0) is 57.0 Å². The number of carbonyl (C=O) groups is 1. The maximum Gasteiger partial charge on any atom is 0.243 e. The van der Waals surface area contributed by atoms with Gasteiger partial charge in [-0.15, -0.1) is 0 Å². The molecule has 3 rings (SSSR count). The number of likely N-dealkylation sites (tertiary alicyclic amines) is 1. The van der Waals surface area contributed by atoms with Gasteiger partial charge in [0.2, 0.25) is 15.9 Å². The second-order valence-corrected chi connectivity index (χ2v) is 10.0. The van der Waals surface area contributed by atoms with E-state index in [0.29, 0.717) is 30.2 Å². The Kier molecular flexibility index (Phi) is 7.74. The van der Waals surface area contributed by atoms with E-state index in [-0.39, 0.29) is 10.8 Å². The highest BCUT2D eigenvalue weighted by Crippen LogP contribution is 2.28. The molecule has 0 aromatic heterocycles. The molecule has 2 aliphatic heterocycles. The highest BCUT2D eigenvalue weighted by molar-refractivity contribution is 7.89. The lowest BCUT2D eigenvalue weighted by atomic mass is 10.1. The fourth-order valence-electron chi connectivity index (χ4n) is 3.85. The molecule has 28 heavy (non-hydrogen) atoms. The van der Waals surface area contributed by atoms with Gasteiger partial charge in [-0.25, -0.2) is 8.42 Å². The average molecular weight is 428 g/mol. The van der Waals surface area contributed by atoms with E-state index in [9.17, 15) is 13.2 Å². The number of carbonyl (C=O) groups excluding carboxylic acids is 1. The van der Waals surface area contributed by atoms with Gasteiger partial charge in [0.05, 0.1) is 15.6 Å². The predicted molar refractivity (Wildman–Crippen MR) is 112 cm³/mol. The van der Waals surface area contributed by atoms with Crippen LogP contribution < -0.4 is 5.32 Å². The number of anilines is 1. The SMILES string of the molecule is O=C(CCN1CCCCCCC1)Nc1cc(S(=O)(=O)N2CCCC2)ccc1Cl. The van der Waals surface area contributed by atoms with Gasteiger partial charge in [-0.1, -0.05) is 30.9 Å². The van der Waals surface area contributed by atoms with Crippen LogP contribution in [-0.2, 0) is 14.8 Å². The van der Waals surface area contributed by atoms with Crippen LogP contribution in [0, 0.1) is 0 Å². The molecule has 0 atom stereocenters. The molecule has 2 saturated heterocycles. The summed E-state index contributed by atoms with van der Waals surface area (Å²) in [6.07, 6.45) is 8.34. The molecule has 2 aliphatic rings. The first kappa shape index (κ1) is 21.6. The number of rotatable bonds is 6. The summed E-state index contributed by atoms with van der Waals surface area (Å²) in [6, 6.07) is 4.52. The van der Waals surface area contributed by atoms with Crippen LogP contribution in [0.4, 0.5) is 5.69 Å². The highest BCUT2D eigenvalue weighted by Gasteiger charge is 2.27. The van der Waals surface area contributed by atoms with Crippen molar-refractivity contribution in [3.8, 4) is 0 Å². The second-order valence-electron chi connectivity index (χ2n) is 7.66. The third-order valence-corrected chi connectivity index (χ3v) is 7.74. The van der Waals surface area contributed by atoms with Crippen LogP contribution in [-0.4, -0.2) is 56.3 Å². The third kappa shape index (κ3) is 5.69. The highest BCUT2D eigenvalue weighted by atomic mass is 35.5. The lowest BCUT2D eigenvalue weighted by Gasteiger charge is -2.24. The Hall–Kier alpha value is -1.15. The summed E-state index contributed by atoms with van der Waals surface area (Å²) < 4.78 is 27.0. The van der Waals surface area contributed by atoms with E-state index in [2.05, 4.69) is 10.2 Å².